The Morgan fingerprint density at radius 3 is 2.57 bits per heavy atom. The highest BCUT2D eigenvalue weighted by atomic mass is 16.4. The largest absolute Gasteiger partial charge is 0.481 e. The summed E-state index contributed by atoms with van der Waals surface area (Å²) in [6.07, 6.45) is 0.444. The van der Waals surface area contributed by atoms with Crippen molar-refractivity contribution in [1.29, 1.82) is 0 Å². The van der Waals surface area contributed by atoms with Crippen LogP contribution in [0.1, 0.15) is 29.4 Å². The van der Waals surface area contributed by atoms with Crippen molar-refractivity contribution in [2.75, 3.05) is 13.1 Å². The summed E-state index contributed by atoms with van der Waals surface area (Å²) < 4.78 is 1.68. The Kier molecular flexibility index (Phi) is 4.18. The van der Waals surface area contributed by atoms with Crippen LogP contribution in [0.5, 0.6) is 0 Å². The molecular weight excluding hydrogens is 356 g/mol. The molecule has 2 aromatic heterocycles. The molecule has 1 saturated heterocycles. The van der Waals surface area contributed by atoms with E-state index in [4.69, 9.17) is 4.98 Å². The van der Waals surface area contributed by atoms with Crippen LogP contribution in [-0.2, 0) is 11.8 Å². The van der Waals surface area contributed by atoms with E-state index in [-0.39, 0.29) is 12.5 Å². The minimum atomic E-state index is -0.909. The summed E-state index contributed by atoms with van der Waals surface area (Å²) in [5.41, 5.74) is 2.59. The molecule has 0 aliphatic carbocycles. The van der Waals surface area contributed by atoms with Crippen LogP contribution in [0.4, 0.5) is 0 Å². The van der Waals surface area contributed by atoms with Gasteiger partial charge in [0.15, 0.2) is 5.65 Å². The van der Waals surface area contributed by atoms with Crippen molar-refractivity contribution in [2.45, 2.75) is 20.3 Å². The van der Waals surface area contributed by atoms with E-state index >= 15 is 0 Å². The molecule has 4 rings (SSSR count). The number of hydrogen-bond acceptors (Lipinski definition) is 4. The maximum atomic E-state index is 13.4. The van der Waals surface area contributed by atoms with E-state index in [0.29, 0.717) is 29.9 Å². The number of rotatable bonds is 3. The first-order chi connectivity index (χ1) is 13.3. The van der Waals surface area contributed by atoms with Crippen LogP contribution in [0.15, 0.2) is 36.4 Å². The number of benzene rings is 1. The highest BCUT2D eigenvalue weighted by Gasteiger charge is 2.42. The van der Waals surface area contributed by atoms with Crippen molar-refractivity contribution in [3.63, 3.8) is 0 Å². The van der Waals surface area contributed by atoms with Crippen molar-refractivity contribution in [2.24, 2.45) is 12.5 Å². The molecule has 0 spiro atoms. The fraction of sp³-hybridized carbons (Fsp3) is 0.333. The minimum absolute atomic E-state index is 0.175. The molecule has 0 saturated carbocycles. The molecule has 3 aromatic rings. The number of aromatic nitrogens is 3. The van der Waals surface area contributed by atoms with Crippen LogP contribution in [0.3, 0.4) is 0 Å². The monoisotopic (exact) mass is 378 g/mol. The molecule has 1 aliphatic heterocycles. The second-order valence-electron chi connectivity index (χ2n) is 7.67. The third-order valence-electron chi connectivity index (χ3n) is 5.55. The molecule has 28 heavy (non-hydrogen) atoms. The van der Waals surface area contributed by atoms with Gasteiger partial charge in [0.2, 0.25) is 0 Å². The third kappa shape index (κ3) is 2.83. The standard InChI is InChI=1S/C21H22N4O3/c1-13-17-15(19(26)25-10-9-21(2,12-25)20(27)28)11-16(14-7-5-4-6-8-14)22-18(17)24(3)23-13/h4-8,11H,9-10,12H2,1-3H3,(H,27,28). The van der Waals surface area contributed by atoms with Crippen LogP contribution < -0.4 is 0 Å². The first-order valence-corrected chi connectivity index (χ1v) is 9.22. The quantitative estimate of drug-likeness (QED) is 0.757. The molecule has 1 unspecified atom stereocenters. The zero-order chi connectivity index (χ0) is 20.1. The average Bonchev–Trinajstić information content (AvgIpc) is 3.22. The number of aliphatic carboxylic acids is 1. The molecule has 1 amide bonds. The highest BCUT2D eigenvalue weighted by molar-refractivity contribution is 6.07. The summed E-state index contributed by atoms with van der Waals surface area (Å²) >= 11 is 0. The molecule has 3 heterocycles. The van der Waals surface area contributed by atoms with E-state index in [9.17, 15) is 14.7 Å². The summed E-state index contributed by atoms with van der Waals surface area (Å²) in [6.45, 7) is 4.17. The lowest BCUT2D eigenvalue weighted by Crippen LogP contribution is -2.35. The van der Waals surface area contributed by atoms with Gasteiger partial charge in [0.25, 0.3) is 5.91 Å². The Balaban J connectivity index is 1.84. The molecule has 1 N–H and O–H groups in total. The number of nitrogens with zero attached hydrogens (tertiary/aromatic N) is 4. The topological polar surface area (TPSA) is 88.3 Å². The van der Waals surface area contributed by atoms with Gasteiger partial charge in [0, 0.05) is 25.7 Å². The number of amides is 1. The van der Waals surface area contributed by atoms with Crippen LogP contribution >= 0.6 is 0 Å². The summed E-state index contributed by atoms with van der Waals surface area (Å²) in [4.78, 5) is 31.3. The molecule has 0 radical (unpaired) electrons. The van der Waals surface area contributed by atoms with E-state index in [2.05, 4.69) is 5.10 Å². The predicted octanol–water partition coefficient (Wildman–Crippen LogP) is 2.88. The van der Waals surface area contributed by atoms with Gasteiger partial charge in [-0.1, -0.05) is 30.3 Å². The molecule has 7 heteroatoms. The lowest BCUT2D eigenvalue weighted by Gasteiger charge is -2.21. The van der Waals surface area contributed by atoms with Crippen molar-refractivity contribution in [1.82, 2.24) is 19.7 Å². The number of pyridine rings is 1. The first-order valence-electron chi connectivity index (χ1n) is 9.22. The lowest BCUT2D eigenvalue weighted by atomic mass is 9.90. The van der Waals surface area contributed by atoms with Gasteiger partial charge in [-0.25, -0.2) is 4.98 Å². The van der Waals surface area contributed by atoms with Crippen LogP contribution in [0.2, 0.25) is 0 Å². The summed E-state index contributed by atoms with van der Waals surface area (Å²) in [7, 11) is 1.81. The van der Waals surface area contributed by atoms with Crippen molar-refractivity contribution in [3.05, 3.63) is 47.7 Å². The second kappa shape index (κ2) is 6.44. The number of carboxylic acid groups (broad SMARTS) is 1. The predicted molar refractivity (Wildman–Crippen MR) is 105 cm³/mol. The first kappa shape index (κ1) is 18.2. The number of carboxylic acids is 1. The normalized spacial score (nSPS) is 19.3. The SMILES string of the molecule is Cc1nn(C)c2nc(-c3ccccc3)cc(C(=O)N3CCC(C)(C(=O)O)C3)c12. The van der Waals surface area contributed by atoms with E-state index in [1.165, 1.54) is 0 Å². The van der Waals surface area contributed by atoms with E-state index in [1.54, 1.807) is 22.6 Å². The van der Waals surface area contributed by atoms with E-state index in [1.807, 2.05) is 44.3 Å². The summed E-state index contributed by atoms with van der Waals surface area (Å²) in [5, 5.41) is 14.7. The second-order valence-corrected chi connectivity index (χ2v) is 7.67. The van der Waals surface area contributed by atoms with Gasteiger partial charge < -0.3 is 10.0 Å². The van der Waals surface area contributed by atoms with Crippen molar-refractivity contribution >= 4 is 22.9 Å². The Morgan fingerprint density at radius 2 is 1.93 bits per heavy atom. The molecular formula is C21H22N4O3. The van der Waals surface area contributed by atoms with Crippen LogP contribution in [-0.4, -0.2) is 49.7 Å². The summed E-state index contributed by atoms with van der Waals surface area (Å²) in [6, 6.07) is 11.5. The summed E-state index contributed by atoms with van der Waals surface area (Å²) in [5.74, 6) is -1.05. The number of aryl methyl sites for hydroxylation is 2. The van der Waals surface area contributed by atoms with E-state index < -0.39 is 11.4 Å². The molecule has 1 atom stereocenters. The Hall–Kier alpha value is -3.22. The maximum Gasteiger partial charge on any atom is 0.311 e. The molecule has 0 bridgehead atoms. The van der Waals surface area contributed by atoms with Gasteiger partial charge in [-0.15, -0.1) is 0 Å². The smallest absolute Gasteiger partial charge is 0.311 e. The number of hydrogen-bond donors (Lipinski definition) is 1. The molecule has 1 aromatic carbocycles. The zero-order valence-electron chi connectivity index (χ0n) is 16.1. The molecule has 1 fully saturated rings. The van der Waals surface area contributed by atoms with Gasteiger partial charge >= 0.3 is 5.97 Å². The highest BCUT2D eigenvalue weighted by Crippen LogP contribution is 2.33. The lowest BCUT2D eigenvalue weighted by molar-refractivity contribution is -0.147. The third-order valence-corrected chi connectivity index (χ3v) is 5.55. The number of carbonyl (C=O) groups is 2. The molecule has 144 valence electrons. The van der Waals surface area contributed by atoms with E-state index in [0.717, 1.165) is 16.6 Å². The van der Waals surface area contributed by atoms with Crippen molar-refractivity contribution in [3.8, 4) is 11.3 Å². The average molecular weight is 378 g/mol. The minimum Gasteiger partial charge on any atom is -0.481 e. The fourth-order valence-electron chi connectivity index (χ4n) is 3.85. The Morgan fingerprint density at radius 1 is 1.21 bits per heavy atom. The Labute approximate surface area is 162 Å². The molecule has 1 aliphatic rings. The zero-order valence-corrected chi connectivity index (χ0v) is 16.1. The van der Waals surface area contributed by atoms with Gasteiger partial charge in [-0.3, -0.25) is 14.3 Å². The van der Waals surface area contributed by atoms with Crippen LogP contribution in [0, 0.1) is 12.3 Å². The number of likely N-dealkylation sites (tertiary alicyclic amines) is 1. The van der Waals surface area contributed by atoms with Crippen molar-refractivity contribution < 1.29 is 14.7 Å². The van der Waals surface area contributed by atoms with Gasteiger partial charge in [-0.05, 0) is 26.3 Å². The maximum absolute atomic E-state index is 13.4. The van der Waals surface area contributed by atoms with Gasteiger partial charge in [0.05, 0.1) is 27.8 Å². The number of fused-ring (bicyclic) bond motifs is 1. The fourth-order valence-corrected chi connectivity index (χ4v) is 3.85. The van der Waals surface area contributed by atoms with Gasteiger partial charge in [-0.2, -0.15) is 5.10 Å². The number of carbonyl (C=O) groups excluding carboxylic acids is 1. The van der Waals surface area contributed by atoms with Crippen LogP contribution in [0.25, 0.3) is 22.3 Å². The van der Waals surface area contributed by atoms with Gasteiger partial charge in [0.1, 0.15) is 0 Å². The Bertz CT molecular complexity index is 1090. The molecule has 7 nitrogen and oxygen atoms in total.